The fourth-order valence-electron chi connectivity index (χ4n) is 1.18. The predicted molar refractivity (Wildman–Crippen MR) is 65.0 cm³/mol. The van der Waals surface area contributed by atoms with Gasteiger partial charge in [-0.1, -0.05) is 25.1 Å². The van der Waals surface area contributed by atoms with E-state index in [2.05, 4.69) is 4.99 Å². The van der Waals surface area contributed by atoms with Gasteiger partial charge in [0.25, 0.3) is 0 Å². The highest BCUT2D eigenvalue weighted by Crippen LogP contribution is 2.02. The molecule has 0 bridgehead atoms. The number of nitrogens with zero attached hydrogens (tertiary/aromatic N) is 1. The monoisotopic (exact) mass is 219 g/mol. The van der Waals surface area contributed by atoms with Crippen LogP contribution in [-0.2, 0) is 4.74 Å². The van der Waals surface area contributed by atoms with Gasteiger partial charge in [0.05, 0.1) is 11.6 Å². The summed E-state index contributed by atoms with van der Waals surface area (Å²) in [7, 11) is 0. The minimum absolute atomic E-state index is 0.0209. The molecule has 0 amide bonds. The molecule has 0 heterocycles. The van der Waals surface area contributed by atoms with Crippen LogP contribution in [0.1, 0.15) is 30.6 Å². The Hall–Kier alpha value is -1.64. The number of carbonyl (C=O) groups excluding carboxylic acids is 1. The maximum atomic E-state index is 11.5. The number of carbonyl (C=O) groups is 1. The second-order valence-electron chi connectivity index (χ2n) is 3.55. The molecule has 1 unspecified atom stereocenters. The zero-order valence-corrected chi connectivity index (χ0v) is 9.72. The first kappa shape index (κ1) is 12.4. The van der Waals surface area contributed by atoms with Crippen molar-refractivity contribution in [3.63, 3.8) is 0 Å². The molecule has 1 aromatic carbocycles. The van der Waals surface area contributed by atoms with E-state index in [1.54, 1.807) is 12.1 Å². The molecule has 0 aliphatic carbocycles. The van der Waals surface area contributed by atoms with Gasteiger partial charge in [0.2, 0.25) is 0 Å². The topological polar surface area (TPSA) is 38.7 Å². The normalized spacial score (nSPS) is 12.6. The van der Waals surface area contributed by atoms with E-state index in [-0.39, 0.29) is 12.0 Å². The maximum absolute atomic E-state index is 11.5. The van der Waals surface area contributed by atoms with Gasteiger partial charge in [0.15, 0.2) is 0 Å². The Morgan fingerprint density at radius 2 is 2.12 bits per heavy atom. The number of aliphatic imine (C=N–C) groups is 1. The summed E-state index contributed by atoms with van der Waals surface area (Å²) in [6, 6.07) is 8.99. The van der Waals surface area contributed by atoms with Gasteiger partial charge in [-0.05, 0) is 31.7 Å². The van der Waals surface area contributed by atoms with Crippen LogP contribution < -0.4 is 0 Å². The molecular formula is C13H17NO2. The molecule has 3 nitrogen and oxygen atoms in total. The highest BCUT2D eigenvalue weighted by Gasteiger charge is 2.07. The Morgan fingerprint density at radius 1 is 1.44 bits per heavy atom. The van der Waals surface area contributed by atoms with Crippen LogP contribution in [0.5, 0.6) is 0 Å². The quantitative estimate of drug-likeness (QED) is 0.564. The van der Waals surface area contributed by atoms with Gasteiger partial charge < -0.3 is 4.74 Å². The zero-order valence-electron chi connectivity index (χ0n) is 9.72. The van der Waals surface area contributed by atoms with Gasteiger partial charge >= 0.3 is 5.97 Å². The molecule has 1 atom stereocenters. The standard InChI is InChI=1S/C13H17NO2/c1-3-9-14-11(2)10-16-13(15)12-7-5-4-6-8-12/h4-9,11H,3,10H2,1-2H3. The Balaban J connectivity index is 2.39. The van der Waals surface area contributed by atoms with Crippen molar-refractivity contribution in [2.75, 3.05) is 6.61 Å². The predicted octanol–water partition coefficient (Wildman–Crippen LogP) is 2.71. The molecule has 0 fully saturated rings. The van der Waals surface area contributed by atoms with E-state index in [1.165, 1.54) is 0 Å². The lowest BCUT2D eigenvalue weighted by atomic mass is 10.2. The molecule has 0 aromatic heterocycles. The number of benzene rings is 1. The van der Waals surface area contributed by atoms with E-state index >= 15 is 0 Å². The molecule has 0 radical (unpaired) electrons. The number of ether oxygens (including phenoxy) is 1. The molecule has 3 heteroatoms. The summed E-state index contributed by atoms with van der Waals surface area (Å²) in [5, 5.41) is 0. The summed E-state index contributed by atoms with van der Waals surface area (Å²) in [6.07, 6.45) is 2.73. The molecule has 86 valence electrons. The first-order chi connectivity index (χ1) is 7.74. The van der Waals surface area contributed by atoms with Crippen LogP contribution in [0.4, 0.5) is 0 Å². The van der Waals surface area contributed by atoms with Crippen molar-refractivity contribution < 1.29 is 9.53 Å². The van der Waals surface area contributed by atoms with Gasteiger partial charge in [0.1, 0.15) is 6.61 Å². The fraction of sp³-hybridized carbons (Fsp3) is 0.385. The second-order valence-corrected chi connectivity index (χ2v) is 3.55. The average Bonchev–Trinajstić information content (AvgIpc) is 2.34. The lowest BCUT2D eigenvalue weighted by Gasteiger charge is -2.07. The van der Waals surface area contributed by atoms with Crippen molar-refractivity contribution in [3.05, 3.63) is 35.9 Å². The molecule has 0 saturated heterocycles. The molecule has 0 aliphatic heterocycles. The third-order valence-electron chi connectivity index (χ3n) is 2.01. The summed E-state index contributed by atoms with van der Waals surface area (Å²) in [5.74, 6) is -0.292. The van der Waals surface area contributed by atoms with Gasteiger partial charge in [-0.25, -0.2) is 4.79 Å². The fourth-order valence-corrected chi connectivity index (χ4v) is 1.18. The highest BCUT2D eigenvalue weighted by molar-refractivity contribution is 5.89. The van der Waals surface area contributed by atoms with Gasteiger partial charge in [-0.3, -0.25) is 4.99 Å². The Labute approximate surface area is 96.2 Å². The summed E-state index contributed by atoms with van der Waals surface area (Å²) in [6.45, 7) is 4.26. The smallest absolute Gasteiger partial charge is 0.338 e. The van der Waals surface area contributed by atoms with E-state index < -0.39 is 0 Å². The van der Waals surface area contributed by atoms with Crippen molar-refractivity contribution in [1.82, 2.24) is 0 Å². The summed E-state index contributed by atoms with van der Waals surface area (Å²) in [5.41, 5.74) is 0.578. The minimum Gasteiger partial charge on any atom is -0.460 e. The van der Waals surface area contributed by atoms with E-state index in [4.69, 9.17) is 4.74 Å². The number of esters is 1. The van der Waals surface area contributed by atoms with Crippen molar-refractivity contribution in [1.29, 1.82) is 0 Å². The van der Waals surface area contributed by atoms with Crippen LogP contribution in [0.3, 0.4) is 0 Å². The molecule has 0 N–H and O–H groups in total. The Kier molecular flexibility index (Phi) is 5.26. The molecule has 0 spiro atoms. The van der Waals surface area contributed by atoms with Crippen LogP contribution in [-0.4, -0.2) is 24.8 Å². The van der Waals surface area contributed by atoms with E-state index in [0.717, 1.165) is 6.42 Å². The average molecular weight is 219 g/mol. The molecule has 1 rings (SSSR count). The Bertz CT molecular complexity index is 346. The SMILES string of the molecule is CCC=NC(C)COC(=O)c1ccccc1. The van der Waals surface area contributed by atoms with Crippen LogP contribution in [0, 0.1) is 0 Å². The second kappa shape index (κ2) is 6.77. The number of hydrogen-bond donors (Lipinski definition) is 0. The van der Waals surface area contributed by atoms with Gasteiger partial charge in [0, 0.05) is 0 Å². The highest BCUT2D eigenvalue weighted by atomic mass is 16.5. The van der Waals surface area contributed by atoms with Crippen LogP contribution in [0.2, 0.25) is 0 Å². The first-order valence-corrected chi connectivity index (χ1v) is 5.47. The summed E-state index contributed by atoms with van der Waals surface area (Å²) >= 11 is 0. The Morgan fingerprint density at radius 3 is 2.75 bits per heavy atom. The number of hydrogen-bond acceptors (Lipinski definition) is 3. The van der Waals surface area contributed by atoms with Crippen molar-refractivity contribution in [2.24, 2.45) is 4.99 Å². The zero-order chi connectivity index (χ0) is 11.8. The molecular weight excluding hydrogens is 202 g/mol. The van der Waals surface area contributed by atoms with Gasteiger partial charge in [-0.2, -0.15) is 0 Å². The minimum atomic E-state index is -0.292. The lowest BCUT2D eigenvalue weighted by Crippen LogP contribution is -2.14. The van der Waals surface area contributed by atoms with Crippen LogP contribution in [0.15, 0.2) is 35.3 Å². The van der Waals surface area contributed by atoms with E-state index in [9.17, 15) is 4.79 Å². The molecule has 0 saturated carbocycles. The third kappa shape index (κ3) is 4.26. The maximum Gasteiger partial charge on any atom is 0.338 e. The van der Waals surface area contributed by atoms with E-state index in [1.807, 2.05) is 38.3 Å². The van der Waals surface area contributed by atoms with Crippen molar-refractivity contribution in [3.8, 4) is 0 Å². The third-order valence-corrected chi connectivity index (χ3v) is 2.01. The summed E-state index contributed by atoms with van der Waals surface area (Å²) < 4.78 is 5.13. The molecule has 1 aromatic rings. The summed E-state index contributed by atoms with van der Waals surface area (Å²) in [4.78, 5) is 15.8. The van der Waals surface area contributed by atoms with Crippen molar-refractivity contribution >= 4 is 12.2 Å². The van der Waals surface area contributed by atoms with Crippen LogP contribution >= 0.6 is 0 Å². The van der Waals surface area contributed by atoms with E-state index in [0.29, 0.717) is 12.2 Å². The number of rotatable bonds is 5. The van der Waals surface area contributed by atoms with Gasteiger partial charge in [-0.15, -0.1) is 0 Å². The molecule has 16 heavy (non-hydrogen) atoms. The van der Waals surface area contributed by atoms with Crippen molar-refractivity contribution in [2.45, 2.75) is 26.3 Å². The largest absolute Gasteiger partial charge is 0.460 e. The first-order valence-electron chi connectivity index (χ1n) is 5.47. The molecule has 0 aliphatic rings. The lowest BCUT2D eigenvalue weighted by molar-refractivity contribution is 0.0488. The van der Waals surface area contributed by atoms with Crippen LogP contribution in [0.25, 0.3) is 0 Å².